The van der Waals surface area contributed by atoms with Crippen molar-refractivity contribution in [1.82, 2.24) is 9.97 Å². The highest BCUT2D eigenvalue weighted by Crippen LogP contribution is 2.28. The molecular formula is C15H18ClN5. The molecule has 6 heteroatoms. The largest absolute Gasteiger partial charge is 0.367 e. The first-order valence-corrected chi connectivity index (χ1v) is 7.41. The molecule has 110 valence electrons. The molecule has 2 heterocycles. The van der Waals surface area contributed by atoms with E-state index in [1.54, 1.807) is 12.4 Å². The van der Waals surface area contributed by atoms with Crippen molar-refractivity contribution in [3.63, 3.8) is 0 Å². The van der Waals surface area contributed by atoms with Gasteiger partial charge in [-0.3, -0.25) is 0 Å². The highest BCUT2D eigenvalue weighted by atomic mass is 35.5. The molecule has 0 unspecified atom stereocenters. The number of nitrogens with two attached hydrogens (primary N) is 1. The van der Waals surface area contributed by atoms with E-state index < -0.39 is 0 Å². The molecule has 21 heavy (non-hydrogen) atoms. The van der Waals surface area contributed by atoms with Gasteiger partial charge >= 0.3 is 0 Å². The minimum atomic E-state index is 0.513. The lowest BCUT2D eigenvalue weighted by molar-refractivity contribution is 0.640. The van der Waals surface area contributed by atoms with Gasteiger partial charge in [0.2, 0.25) is 5.95 Å². The molecule has 1 aliphatic rings. The average Bonchev–Trinajstić information content (AvgIpc) is 2.56. The van der Waals surface area contributed by atoms with Crippen LogP contribution in [-0.2, 0) is 6.54 Å². The highest BCUT2D eigenvalue weighted by molar-refractivity contribution is 6.33. The Hall–Kier alpha value is -1.85. The van der Waals surface area contributed by atoms with Crippen LogP contribution in [0.5, 0.6) is 0 Å². The number of halogens is 1. The average molecular weight is 304 g/mol. The van der Waals surface area contributed by atoms with Crippen LogP contribution in [0.25, 0.3) is 0 Å². The lowest BCUT2D eigenvalue weighted by atomic mass is 10.2. The molecule has 0 aliphatic carbocycles. The fourth-order valence-electron chi connectivity index (χ4n) is 2.54. The van der Waals surface area contributed by atoms with Gasteiger partial charge in [0.1, 0.15) is 0 Å². The number of piperazine rings is 1. The lowest BCUT2D eigenvalue weighted by Gasteiger charge is -2.36. The standard InChI is InChI=1S/C15H18ClN5/c16-13-10-12(11-17)2-3-14(13)20-6-8-21(9-7-20)15-18-4-1-5-19-15/h1-5,10H,6-9,11,17H2. The number of hydrogen-bond acceptors (Lipinski definition) is 5. The fraction of sp³-hybridized carbons (Fsp3) is 0.333. The monoisotopic (exact) mass is 303 g/mol. The van der Waals surface area contributed by atoms with E-state index >= 15 is 0 Å². The van der Waals surface area contributed by atoms with E-state index in [4.69, 9.17) is 17.3 Å². The third-order valence-electron chi connectivity index (χ3n) is 3.70. The maximum atomic E-state index is 6.36. The summed E-state index contributed by atoms with van der Waals surface area (Å²) in [4.78, 5) is 13.1. The molecule has 1 fully saturated rings. The van der Waals surface area contributed by atoms with E-state index in [0.29, 0.717) is 6.54 Å². The Labute approximate surface area is 129 Å². The highest BCUT2D eigenvalue weighted by Gasteiger charge is 2.20. The van der Waals surface area contributed by atoms with Crippen LogP contribution < -0.4 is 15.5 Å². The molecule has 5 nitrogen and oxygen atoms in total. The summed E-state index contributed by atoms with van der Waals surface area (Å²) in [5, 5.41) is 0.766. The van der Waals surface area contributed by atoms with Gasteiger partial charge in [-0.25, -0.2) is 9.97 Å². The molecule has 0 amide bonds. The Morgan fingerprint density at radius 2 is 1.71 bits per heavy atom. The number of rotatable bonds is 3. The van der Waals surface area contributed by atoms with E-state index in [1.807, 2.05) is 18.2 Å². The first-order valence-electron chi connectivity index (χ1n) is 7.03. The predicted molar refractivity (Wildman–Crippen MR) is 85.8 cm³/mol. The molecule has 0 radical (unpaired) electrons. The minimum Gasteiger partial charge on any atom is -0.367 e. The van der Waals surface area contributed by atoms with Gasteiger partial charge < -0.3 is 15.5 Å². The van der Waals surface area contributed by atoms with E-state index in [0.717, 1.165) is 48.4 Å². The third kappa shape index (κ3) is 3.09. The summed E-state index contributed by atoms with van der Waals surface area (Å²) >= 11 is 6.36. The van der Waals surface area contributed by atoms with Crippen LogP contribution in [-0.4, -0.2) is 36.1 Å². The van der Waals surface area contributed by atoms with Gasteiger partial charge in [-0.15, -0.1) is 0 Å². The SMILES string of the molecule is NCc1ccc(N2CCN(c3ncccn3)CC2)c(Cl)c1. The Kier molecular flexibility index (Phi) is 4.22. The number of nitrogens with zero attached hydrogens (tertiary/aromatic N) is 4. The van der Waals surface area contributed by atoms with Crippen molar-refractivity contribution >= 4 is 23.2 Å². The van der Waals surface area contributed by atoms with E-state index in [1.165, 1.54) is 0 Å². The van der Waals surface area contributed by atoms with Gasteiger partial charge in [0.25, 0.3) is 0 Å². The minimum absolute atomic E-state index is 0.513. The number of anilines is 2. The van der Waals surface area contributed by atoms with Gasteiger partial charge in [-0.2, -0.15) is 0 Å². The van der Waals surface area contributed by atoms with E-state index in [9.17, 15) is 0 Å². The topological polar surface area (TPSA) is 58.3 Å². The summed E-state index contributed by atoms with van der Waals surface area (Å²) in [5.74, 6) is 0.793. The fourth-order valence-corrected chi connectivity index (χ4v) is 2.86. The quantitative estimate of drug-likeness (QED) is 0.939. The third-order valence-corrected chi connectivity index (χ3v) is 4.01. The number of benzene rings is 1. The van der Waals surface area contributed by atoms with Gasteiger partial charge in [0.05, 0.1) is 10.7 Å². The van der Waals surface area contributed by atoms with Gasteiger partial charge in [0.15, 0.2) is 0 Å². The second-order valence-electron chi connectivity index (χ2n) is 5.01. The zero-order chi connectivity index (χ0) is 14.7. The van der Waals surface area contributed by atoms with Crippen molar-refractivity contribution in [1.29, 1.82) is 0 Å². The second kappa shape index (κ2) is 6.28. The summed E-state index contributed by atoms with van der Waals surface area (Å²) in [7, 11) is 0. The van der Waals surface area contributed by atoms with E-state index in [2.05, 4.69) is 25.8 Å². The zero-order valence-corrected chi connectivity index (χ0v) is 12.5. The molecular weight excluding hydrogens is 286 g/mol. The summed E-state index contributed by atoms with van der Waals surface area (Å²) in [6, 6.07) is 7.87. The molecule has 2 aromatic rings. The molecule has 0 spiro atoms. The van der Waals surface area contributed by atoms with Crippen LogP contribution in [0.3, 0.4) is 0 Å². The van der Waals surface area contributed by atoms with Crippen LogP contribution >= 0.6 is 11.6 Å². The van der Waals surface area contributed by atoms with Crippen molar-refractivity contribution < 1.29 is 0 Å². The normalized spacial score (nSPS) is 15.3. The van der Waals surface area contributed by atoms with Gasteiger partial charge in [-0.05, 0) is 23.8 Å². The molecule has 1 aromatic carbocycles. The maximum Gasteiger partial charge on any atom is 0.225 e. The lowest BCUT2D eigenvalue weighted by Crippen LogP contribution is -2.47. The van der Waals surface area contributed by atoms with Crippen LogP contribution in [0.1, 0.15) is 5.56 Å². The van der Waals surface area contributed by atoms with Crippen LogP contribution in [0, 0.1) is 0 Å². The van der Waals surface area contributed by atoms with Crippen molar-refractivity contribution in [2.24, 2.45) is 5.73 Å². The van der Waals surface area contributed by atoms with Gasteiger partial charge in [-0.1, -0.05) is 17.7 Å². The molecule has 1 aromatic heterocycles. The Bertz CT molecular complexity index is 596. The molecule has 0 bridgehead atoms. The van der Waals surface area contributed by atoms with Crippen molar-refractivity contribution in [2.45, 2.75) is 6.54 Å². The second-order valence-corrected chi connectivity index (χ2v) is 5.42. The first-order chi connectivity index (χ1) is 10.3. The van der Waals surface area contributed by atoms with Crippen LogP contribution in [0.2, 0.25) is 5.02 Å². The Morgan fingerprint density at radius 3 is 2.33 bits per heavy atom. The van der Waals surface area contributed by atoms with Crippen LogP contribution in [0.15, 0.2) is 36.7 Å². The van der Waals surface area contributed by atoms with Crippen molar-refractivity contribution in [3.8, 4) is 0 Å². The molecule has 0 saturated carbocycles. The Morgan fingerprint density at radius 1 is 1.05 bits per heavy atom. The molecule has 2 N–H and O–H groups in total. The summed E-state index contributed by atoms with van der Waals surface area (Å²) in [6.45, 7) is 4.09. The smallest absolute Gasteiger partial charge is 0.225 e. The predicted octanol–water partition coefficient (Wildman–Crippen LogP) is 1.92. The van der Waals surface area contributed by atoms with Crippen molar-refractivity contribution in [3.05, 3.63) is 47.2 Å². The number of aromatic nitrogens is 2. The van der Waals surface area contributed by atoms with E-state index in [-0.39, 0.29) is 0 Å². The maximum absolute atomic E-state index is 6.36. The summed E-state index contributed by atoms with van der Waals surface area (Å²) in [5.41, 5.74) is 7.76. The summed E-state index contributed by atoms with van der Waals surface area (Å²) in [6.07, 6.45) is 3.55. The van der Waals surface area contributed by atoms with Gasteiger partial charge in [0, 0.05) is 45.1 Å². The zero-order valence-electron chi connectivity index (χ0n) is 11.7. The number of hydrogen-bond donors (Lipinski definition) is 1. The molecule has 3 rings (SSSR count). The molecule has 1 saturated heterocycles. The first kappa shape index (κ1) is 14.1. The molecule has 1 aliphatic heterocycles. The summed E-state index contributed by atoms with van der Waals surface area (Å²) < 4.78 is 0. The molecule has 0 atom stereocenters. The Balaban J connectivity index is 1.68. The van der Waals surface area contributed by atoms with Crippen molar-refractivity contribution in [2.75, 3.05) is 36.0 Å². The van der Waals surface area contributed by atoms with Crippen LogP contribution in [0.4, 0.5) is 11.6 Å².